The summed E-state index contributed by atoms with van der Waals surface area (Å²) in [5.74, 6) is 1.11. The average molecular weight is 319 g/mol. The summed E-state index contributed by atoms with van der Waals surface area (Å²) < 4.78 is 0. The fourth-order valence-electron chi connectivity index (χ4n) is 1.87. The van der Waals surface area contributed by atoms with Crippen molar-refractivity contribution in [1.29, 1.82) is 0 Å². The van der Waals surface area contributed by atoms with Crippen LogP contribution >= 0.6 is 21.6 Å². The molecule has 0 aromatic rings. The number of unbranched alkanes of at least 4 members (excludes halogenated alkanes) is 9. The molecule has 0 heterocycles. The van der Waals surface area contributed by atoms with Crippen molar-refractivity contribution in [3.8, 4) is 0 Å². The van der Waals surface area contributed by atoms with Crippen LogP contribution in [0, 0.1) is 5.41 Å². The van der Waals surface area contributed by atoms with Crippen molar-refractivity contribution in [2.75, 3.05) is 5.75 Å². The van der Waals surface area contributed by atoms with Crippen LogP contribution in [0.3, 0.4) is 0 Å². The predicted molar refractivity (Wildman–Crippen MR) is 96.4 cm³/mol. The van der Waals surface area contributed by atoms with E-state index in [4.69, 9.17) is 0 Å². The number of carbonyl (C=O) groups is 1. The quantitative estimate of drug-likeness (QED) is 0.289. The smallest absolute Gasteiger partial charge is 0.204 e. The molecule has 0 aliphatic heterocycles. The maximum atomic E-state index is 11.7. The Morgan fingerprint density at radius 3 is 1.70 bits per heavy atom. The monoisotopic (exact) mass is 318 g/mol. The van der Waals surface area contributed by atoms with Gasteiger partial charge < -0.3 is 0 Å². The molecule has 0 aliphatic carbocycles. The van der Waals surface area contributed by atoms with Crippen LogP contribution in [0.5, 0.6) is 0 Å². The van der Waals surface area contributed by atoms with Gasteiger partial charge in [-0.3, -0.25) is 4.79 Å². The largest absolute Gasteiger partial charge is 0.286 e. The van der Waals surface area contributed by atoms with Crippen LogP contribution in [0.15, 0.2) is 0 Å². The van der Waals surface area contributed by atoms with Gasteiger partial charge in [0.2, 0.25) is 5.12 Å². The lowest BCUT2D eigenvalue weighted by atomic mass is 10.00. The summed E-state index contributed by atoms with van der Waals surface area (Å²) in [4.78, 5) is 11.7. The van der Waals surface area contributed by atoms with Crippen molar-refractivity contribution >= 4 is 26.7 Å². The first kappa shape index (κ1) is 20.4. The number of carbonyl (C=O) groups excluding carboxylic acids is 1. The van der Waals surface area contributed by atoms with Crippen LogP contribution in [0.1, 0.15) is 91.9 Å². The second-order valence-corrected chi connectivity index (χ2v) is 9.01. The minimum absolute atomic E-state index is 0.199. The van der Waals surface area contributed by atoms with Crippen LogP contribution < -0.4 is 0 Å². The van der Waals surface area contributed by atoms with Crippen molar-refractivity contribution in [3.05, 3.63) is 0 Å². The lowest BCUT2D eigenvalue weighted by Gasteiger charge is -2.14. The number of hydrogen-bond donors (Lipinski definition) is 0. The fraction of sp³-hybridized carbons (Fsp3) is 0.941. The van der Waals surface area contributed by atoms with E-state index in [2.05, 4.69) is 6.92 Å². The Morgan fingerprint density at radius 1 is 0.800 bits per heavy atom. The first-order valence-corrected chi connectivity index (χ1v) is 10.6. The molecule has 3 heteroatoms. The van der Waals surface area contributed by atoms with Gasteiger partial charge in [0.15, 0.2) is 0 Å². The van der Waals surface area contributed by atoms with Gasteiger partial charge in [0.25, 0.3) is 0 Å². The Labute approximate surface area is 134 Å². The van der Waals surface area contributed by atoms with Gasteiger partial charge in [0, 0.05) is 11.2 Å². The highest BCUT2D eigenvalue weighted by Gasteiger charge is 2.21. The molecule has 0 fully saturated rings. The van der Waals surface area contributed by atoms with E-state index in [-0.39, 0.29) is 5.41 Å². The molecule has 0 spiro atoms. The van der Waals surface area contributed by atoms with Gasteiger partial charge >= 0.3 is 0 Å². The zero-order valence-electron chi connectivity index (χ0n) is 14.0. The van der Waals surface area contributed by atoms with Gasteiger partial charge in [0.05, 0.1) is 0 Å². The summed E-state index contributed by atoms with van der Waals surface area (Å²) in [6.45, 7) is 8.24. The van der Waals surface area contributed by atoms with Crippen molar-refractivity contribution in [2.24, 2.45) is 5.41 Å². The van der Waals surface area contributed by atoms with Crippen LogP contribution in [0.4, 0.5) is 0 Å². The normalized spacial score (nSPS) is 11.8. The van der Waals surface area contributed by atoms with E-state index in [0.717, 1.165) is 5.75 Å². The first-order chi connectivity index (χ1) is 9.48. The molecule has 0 N–H and O–H groups in total. The zero-order valence-corrected chi connectivity index (χ0v) is 15.6. The number of hydrogen-bond acceptors (Lipinski definition) is 3. The highest BCUT2D eigenvalue weighted by molar-refractivity contribution is 8.82. The van der Waals surface area contributed by atoms with E-state index >= 15 is 0 Å². The SMILES string of the molecule is CCCCCCCCCCCCSSC(=O)C(C)(C)C. The Balaban J connectivity index is 3.16. The summed E-state index contributed by atoms with van der Waals surface area (Å²) in [6, 6.07) is 0. The molecule has 0 amide bonds. The summed E-state index contributed by atoms with van der Waals surface area (Å²) >= 11 is 0. The minimum Gasteiger partial charge on any atom is -0.286 e. The third kappa shape index (κ3) is 13.4. The van der Waals surface area contributed by atoms with Gasteiger partial charge in [-0.05, 0) is 17.2 Å². The molecule has 0 aliphatic rings. The highest BCUT2D eigenvalue weighted by Crippen LogP contribution is 2.32. The topological polar surface area (TPSA) is 17.1 Å². The van der Waals surface area contributed by atoms with E-state index < -0.39 is 0 Å². The van der Waals surface area contributed by atoms with Crippen molar-refractivity contribution in [3.63, 3.8) is 0 Å². The van der Waals surface area contributed by atoms with Gasteiger partial charge in [0.1, 0.15) is 0 Å². The van der Waals surface area contributed by atoms with Crippen LogP contribution in [-0.4, -0.2) is 10.9 Å². The second kappa shape index (κ2) is 13.1. The molecule has 0 saturated heterocycles. The van der Waals surface area contributed by atoms with E-state index in [1.165, 1.54) is 75.0 Å². The molecular formula is C17H34OS2. The lowest BCUT2D eigenvalue weighted by molar-refractivity contribution is -0.117. The third-order valence-corrected chi connectivity index (χ3v) is 5.97. The van der Waals surface area contributed by atoms with Gasteiger partial charge in [-0.15, -0.1) is 0 Å². The Hall–Kier alpha value is 0.370. The molecule has 0 bridgehead atoms. The predicted octanol–water partition coefficient (Wildman–Crippen LogP) is 6.86. The average Bonchev–Trinajstić information content (AvgIpc) is 2.38. The van der Waals surface area contributed by atoms with E-state index in [1.807, 2.05) is 20.8 Å². The van der Waals surface area contributed by atoms with Crippen LogP contribution in [0.25, 0.3) is 0 Å². The zero-order chi connectivity index (χ0) is 15.3. The summed E-state index contributed by atoms with van der Waals surface area (Å²) in [5.41, 5.74) is -0.199. The van der Waals surface area contributed by atoms with Gasteiger partial charge in [-0.2, -0.15) is 0 Å². The van der Waals surface area contributed by atoms with E-state index in [0.29, 0.717) is 5.12 Å². The first-order valence-electron chi connectivity index (χ1n) is 8.32. The molecule has 1 nitrogen and oxygen atoms in total. The molecule has 0 atom stereocenters. The summed E-state index contributed by atoms with van der Waals surface area (Å²) in [7, 11) is 3.17. The minimum atomic E-state index is -0.199. The molecule has 0 radical (unpaired) electrons. The highest BCUT2D eigenvalue weighted by atomic mass is 33.1. The summed E-state index contributed by atoms with van der Waals surface area (Å²) in [6.07, 6.45) is 13.8. The van der Waals surface area contributed by atoms with Crippen molar-refractivity contribution in [2.45, 2.75) is 91.9 Å². The Morgan fingerprint density at radius 2 is 1.25 bits per heavy atom. The van der Waals surface area contributed by atoms with Crippen molar-refractivity contribution in [1.82, 2.24) is 0 Å². The summed E-state index contributed by atoms with van der Waals surface area (Å²) in [5, 5.41) is 0.301. The lowest BCUT2D eigenvalue weighted by Crippen LogP contribution is -2.15. The molecule has 0 unspecified atom stereocenters. The molecule has 0 aromatic heterocycles. The van der Waals surface area contributed by atoms with Crippen LogP contribution in [0.2, 0.25) is 0 Å². The molecular weight excluding hydrogens is 284 g/mol. The standard InChI is InChI=1S/C17H34OS2/c1-5-6-7-8-9-10-11-12-13-14-15-19-20-16(18)17(2,3)4/h5-15H2,1-4H3. The van der Waals surface area contributed by atoms with Gasteiger partial charge in [-0.25, -0.2) is 0 Å². The molecule has 0 aromatic carbocycles. The molecule has 0 saturated carbocycles. The Bertz CT molecular complexity index is 234. The van der Waals surface area contributed by atoms with E-state index in [9.17, 15) is 4.79 Å². The molecule has 0 rings (SSSR count). The van der Waals surface area contributed by atoms with Crippen molar-refractivity contribution < 1.29 is 4.79 Å². The Kier molecular flexibility index (Phi) is 13.3. The van der Waals surface area contributed by atoms with E-state index in [1.54, 1.807) is 10.8 Å². The van der Waals surface area contributed by atoms with Crippen LogP contribution in [-0.2, 0) is 4.79 Å². The number of rotatable bonds is 12. The maximum absolute atomic E-state index is 11.7. The second-order valence-electron chi connectivity index (χ2n) is 6.62. The van der Waals surface area contributed by atoms with Gasteiger partial charge in [-0.1, -0.05) is 96.3 Å². The maximum Gasteiger partial charge on any atom is 0.204 e. The molecule has 20 heavy (non-hydrogen) atoms. The fourth-order valence-corrected chi connectivity index (χ4v) is 4.31. The third-order valence-electron chi connectivity index (χ3n) is 3.33. The molecule has 120 valence electrons.